The number of esters is 1. The van der Waals surface area contributed by atoms with Crippen molar-refractivity contribution in [2.45, 2.75) is 24.2 Å². The predicted molar refractivity (Wildman–Crippen MR) is 69.0 cm³/mol. The van der Waals surface area contributed by atoms with E-state index in [-0.39, 0.29) is 18.0 Å². The summed E-state index contributed by atoms with van der Waals surface area (Å²) in [6.07, 6.45) is -0.759. The molecule has 100 valence electrons. The first-order valence-corrected chi connectivity index (χ1v) is 7.00. The molecule has 0 spiro atoms. The molecular formula is C10H13NO5S2. The van der Waals surface area contributed by atoms with Crippen molar-refractivity contribution < 1.29 is 19.6 Å². The van der Waals surface area contributed by atoms with Crippen LogP contribution in [0.1, 0.15) is 24.8 Å². The fraction of sp³-hybridized carbons (Fsp3) is 0.500. The molecule has 1 aromatic rings. The van der Waals surface area contributed by atoms with Crippen LogP contribution in [0.5, 0.6) is 0 Å². The number of ether oxygens (including phenoxy) is 1. The van der Waals surface area contributed by atoms with Crippen LogP contribution in [-0.2, 0) is 9.53 Å². The zero-order chi connectivity index (χ0) is 13.7. The van der Waals surface area contributed by atoms with Crippen LogP contribution < -0.4 is 0 Å². The highest BCUT2D eigenvalue weighted by Crippen LogP contribution is 2.39. The molecule has 8 heteroatoms. The summed E-state index contributed by atoms with van der Waals surface area (Å²) in [4.78, 5) is 22.0. The van der Waals surface area contributed by atoms with Crippen LogP contribution >= 0.6 is 23.1 Å². The van der Waals surface area contributed by atoms with Crippen molar-refractivity contribution in [3.05, 3.63) is 21.1 Å². The molecule has 1 aromatic heterocycles. The number of thiophene rings is 1. The lowest BCUT2D eigenvalue weighted by atomic mass is 10.3. The van der Waals surface area contributed by atoms with Gasteiger partial charge in [0.25, 0.3) is 5.69 Å². The van der Waals surface area contributed by atoms with Crippen LogP contribution in [-0.4, -0.2) is 28.4 Å². The van der Waals surface area contributed by atoms with Gasteiger partial charge in [0, 0.05) is 10.9 Å². The maximum absolute atomic E-state index is 11.2. The van der Waals surface area contributed by atoms with Crippen LogP contribution in [0.25, 0.3) is 0 Å². The normalized spacial score (nSPS) is 12.2. The number of hydrogen-bond donors (Lipinski definition) is 1. The molecule has 0 amide bonds. The summed E-state index contributed by atoms with van der Waals surface area (Å²) in [5.41, 5.74) is -0.0785. The molecule has 18 heavy (non-hydrogen) atoms. The van der Waals surface area contributed by atoms with Crippen molar-refractivity contribution in [1.82, 2.24) is 0 Å². The second-order valence-electron chi connectivity index (χ2n) is 3.35. The number of hydrogen-bond acceptors (Lipinski definition) is 7. The predicted octanol–water partition coefficient (Wildman–Crippen LogP) is 2.36. The summed E-state index contributed by atoms with van der Waals surface area (Å²) in [5, 5.41) is 20.2. The Morgan fingerprint density at radius 1 is 1.72 bits per heavy atom. The van der Waals surface area contributed by atoms with Gasteiger partial charge in [-0.15, -0.1) is 11.3 Å². The molecule has 0 saturated carbocycles. The zero-order valence-electron chi connectivity index (χ0n) is 9.91. The average Bonchev–Trinajstić information content (AvgIpc) is 2.71. The van der Waals surface area contributed by atoms with Gasteiger partial charge in [0.1, 0.15) is 4.21 Å². The minimum atomic E-state index is -0.759. The Hall–Kier alpha value is -1.12. The molecule has 0 radical (unpaired) electrons. The Bertz CT molecular complexity index is 443. The molecule has 0 fully saturated rings. The maximum Gasteiger partial charge on any atom is 0.316 e. The number of thioether (sulfide) groups is 1. The first kappa shape index (κ1) is 14.9. The second kappa shape index (κ2) is 6.72. The third-order valence-corrected chi connectivity index (χ3v) is 4.48. The highest BCUT2D eigenvalue weighted by atomic mass is 32.2. The van der Waals surface area contributed by atoms with Crippen molar-refractivity contribution in [2.24, 2.45) is 0 Å². The summed E-state index contributed by atoms with van der Waals surface area (Å²) < 4.78 is 5.15. The van der Waals surface area contributed by atoms with Gasteiger partial charge in [-0.1, -0.05) is 11.8 Å². The Labute approximate surface area is 112 Å². The Morgan fingerprint density at radius 3 is 2.89 bits per heavy atom. The fourth-order valence-corrected chi connectivity index (χ4v) is 3.25. The number of aliphatic hydroxyl groups is 1. The monoisotopic (exact) mass is 291 g/mol. The standard InChI is InChI=1S/C10H13NO5S2/c1-3-16-9(13)5-17-10-7(11(14)15)4-8(18-10)6(2)12/h4,6,12H,3,5H2,1-2H3/t6-/m0/s1. The van der Waals surface area contributed by atoms with Gasteiger partial charge in [0.2, 0.25) is 0 Å². The lowest BCUT2D eigenvalue weighted by Gasteiger charge is -2.00. The van der Waals surface area contributed by atoms with Gasteiger partial charge in [-0.2, -0.15) is 0 Å². The van der Waals surface area contributed by atoms with E-state index in [0.29, 0.717) is 9.09 Å². The summed E-state index contributed by atoms with van der Waals surface area (Å²) in [7, 11) is 0. The van der Waals surface area contributed by atoms with Crippen molar-refractivity contribution in [2.75, 3.05) is 12.4 Å². The highest BCUT2D eigenvalue weighted by Gasteiger charge is 2.22. The smallest absolute Gasteiger partial charge is 0.316 e. The average molecular weight is 291 g/mol. The zero-order valence-corrected chi connectivity index (χ0v) is 11.5. The Morgan fingerprint density at radius 2 is 2.39 bits per heavy atom. The van der Waals surface area contributed by atoms with E-state index >= 15 is 0 Å². The van der Waals surface area contributed by atoms with Crippen molar-refractivity contribution in [3.8, 4) is 0 Å². The SMILES string of the molecule is CCOC(=O)CSc1sc([C@H](C)O)cc1[N+](=O)[O-]. The number of carbonyl (C=O) groups excluding carboxylic acids is 1. The Kier molecular flexibility index (Phi) is 5.57. The number of carbonyl (C=O) groups is 1. The Balaban J connectivity index is 2.80. The molecule has 0 aromatic carbocycles. The van der Waals surface area contributed by atoms with Crippen molar-refractivity contribution in [3.63, 3.8) is 0 Å². The quantitative estimate of drug-likeness (QED) is 0.374. The van der Waals surface area contributed by atoms with E-state index < -0.39 is 17.0 Å². The van der Waals surface area contributed by atoms with E-state index in [2.05, 4.69) is 0 Å². The van der Waals surface area contributed by atoms with Gasteiger partial charge < -0.3 is 9.84 Å². The topological polar surface area (TPSA) is 89.7 Å². The van der Waals surface area contributed by atoms with Crippen molar-refractivity contribution >= 4 is 34.8 Å². The molecule has 0 aliphatic heterocycles. The second-order valence-corrected chi connectivity index (χ2v) is 5.68. The van der Waals surface area contributed by atoms with E-state index in [0.717, 1.165) is 23.1 Å². The number of aliphatic hydroxyl groups excluding tert-OH is 1. The molecule has 0 aliphatic rings. The molecule has 1 atom stereocenters. The summed E-state index contributed by atoms with van der Waals surface area (Å²) in [6.45, 7) is 3.52. The molecule has 1 rings (SSSR count). The fourth-order valence-electron chi connectivity index (χ4n) is 1.15. The van der Waals surface area contributed by atoms with Crippen LogP contribution in [0.2, 0.25) is 0 Å². The summed E-state index contributed by atoms with van der Waals surface area (Å²) >= 11 is 2.17. The lowest BCUT2D eigenvalue weighted by molar-refractivity contribution is -0.387. The van der Waals surface area contributed by atoms with E-state index in [1.54, 1.807) is 6.92 Å². The number of nitro groups is 1. The third kappa shape index (κ3) is 3.97. The number of rotatable bonds is 6. The maximum atomic E-state index is 11.2. The van der Waals surface area contributed by atoms with Gasteiger partial charge in [-0.3, -0.25) is 14.9 Å². The molecule has 0 unspecified atom stereocenters. The molecule has 1 heterocycles. The lowest BCUT2D eigenvalue weighted by Crippen LogP contribution is -2.06. The van der Waals surface area contributed by atoms with Crippen LogP contribution in [0.3, 0.4) is 0 Å². The number of nitrogens with zero attached hydrogens (tertiary/aromatic N) is 1. The third-order valence-electron chi connectivity index (χ3n) is 1.93. The first-order valence-electron chi connectivity index (χ1n) is 5.20. The molecule has 0 bridgehead atoms. The molecule has 0 aliphatic carbocycles. The summed E-state index contributed by atoms with van der Waals surface area (Å²) in [5.74, 6) is -0.391. The van der Waals surface area contributed by atoms with E-state index in [4.69, 9.17) is 4.74 Å². The molecule has 6 nitrogen and oxygen atoms in total. The highest BCUT2D eigenvalue weighted by molar-refractivity contribution is 8.01. The van der Waals surface area contributed by atoms with Gasteiger partial charge in [0.15, 0.2) is 0 Å². The first-order chi connectivity index (χ1) is 8.45. The minimum Gasteiger partial charge on any atom is -0.465 e. The van der Waals surface area contributed by atoms with Gasteiger partial charge in [-0.25, -0.2) is 0 Å². The minimum absolute atomic E-state index is 0.0223. The largest absolute Gasteiger partial charge is 0.465 e. The van der Waals surface area contributed by atoms with Crippen LogP contribution in [0.4, 0.5) is 5.69 Å². The van der Waals surface area contributed by atoms with E-state index in [9.17, 15) is 20.0 Å². The van der Waals surface area contributed by atoms with E-state index in [1.807, 2.05) is 0 Å². The van der Waals surface area contributed by atoms with Gasteiger partial charge >= 0.3 is 5.97 Å². The van der Waals surface area contributed by atoms with Crippen LogP contribution in [0, 0.1) is 10.1 Å². The molecule has 1 N–H and O–H groups in total. The summed E-state index contributed by atoms with van der Waals surface area (Å²) in [6, 6.07) is 1.34. The molecular weight excluding hydrogens is 278 g/mol. The molecule has 0 saturated heterocycles. The van der Waals surface area contributed by atoms with Crippen LogP contribution in [0.15, 0.2) is 10.3 Å². The van der Waals surface area contributed by atoms with E-state index in [1.165, 1.54) is 13.0 Å². The van der Waals surface area contributed by atoms with Gasteiger partial charge in [-0.05, 0) is 13.8 Å². The van der Waals surface area contributed by atoms with Gasteiger partial charge in [0.05, 0.1) is 23.4 Å². The van der Waals surface area contributed by atoms with Crippen molar-refractivity contribution in [1.29, 1.82) is 0 Å².